The molecule has 126 valence electrons. The lowest BCUT2D eigenvalue weighted by Gasteiger charge is -1.99. The summed E-state index contributed by atoms with van der Waals surface area (Å²) in [5.74, 6) is 0.954. The van der Waals surface area contributed by atoms with E-state index in [-0.39, 0.29) is 22.4 Å². The van der Waals surface area contributed by atoms with Crippen molar-refractivity contribution in [3.8, 4) is 17.2 Å². The van der Waals surface area contributed by atoms with E-state index in [1.165, 1.54) is 24.3 Å². The van der Waals surface area contributed by atoms with Crippen molar-refractivity contribution < 1.29 is 18.9 Å². The zero-order chi connectivity index (χ0) is 17.8. The number of hydrogen-bond acceptors (Lipinski definition) is 8. The van der Waals surface area contributed by atoms with Crippen LogP contribution in [0.2, 0.25) is 0 Å². The van der Waals surface area contributed by atoms with E-state index in [2.05, 4.69) is 10.2 Å². The van der Waals surface area contributed by atoms with Crippen LogP contribution in [0, 0.1) is 10.1 Å². The summed E-state index contributed by atoms with van der Waals surface area (Å²) in [6.07, 6.45) is 0. The van der Waals surface area contributed by atoms with Crippen LogP contribution in [0.5, 0.6) is 5.75 Å². The molecule has 2 aromatic carbocycles. The summed E-state index contributed by atoms with van der Waals surface area (Å²) in [6.45, 7) is 0. The van der Waals surface area contributed by atoms with E-state index in [4.69, 9.17) is 9.15 Å². The highest BCUT2D eigenvalue weighted by Gasteiger charge is 2.17. The molecule has 0 radical (unpaired) electrons. The number of nitrogens with zero attached hydrogens (tertiary/aromatic N) is 3. The van der Waals surface area contributed by atoms with Crippen molar-refractivity contribution in [2.75, 3.05) is 7.11 Å². The molecule has 1 heterocycles. The molecular weight excluding hydrogens is 346 g/mol. The number of hydrogen-bond donors (Lipinski definition) is 0. The quantitative estimate of drug-likeness (QED) is 0.387. The molecule has 1 aromatic heterocycles. The Morgan fingerprint density at radius 1 is 1.20 bits per heavy atom. The molecule has 25 heavy (non-hydrogen) atoms. The molecule has 0 bridgehead atoms. The van der Waals surface area contributed by atoms with E-state index in [0.29, 0.717) is 23.1 Å². The lowest BCUT2D eigenvalue weighted by Crippen LogP contribution is -1.95. The van der Waals surface area contributed by atoms with Crippen LogP contribution in [0.1, 0.15) is 10.4 Å². The van der Waals surface area contributed by atoms with Crippen molar-refractivity contribution in [1.82, 2.24) is 10.2 Å². The minimum absolute atomic E-state index is 0.0577. The Balaban J connectivity index is 1.75. The van der Waals surface area contributed by atoms with Crippen LogP contribution in [-0.4, -0.2) is 27.3 Å². The Kier molecular flexibility index (Phi) is 4.75. The molecule has 0 saturated heterocycles. The van der Waals surface area contributed by atoms with E-state index in [1.54, 1.807) is 31.4 Å². The van der Waals surface area contributed by atoms with Crippen LogP contribution in [0.15, 0.2) is 58.2 Å². The summed E-state index contributed by atoms with van der Waals surface area (Å²) in [4.78, 5) is 22.4. The van der Waals surface area contributed by atoms with Crippen LogP contribution >= 0.6 is 11.8 Å². The Labute approximate surface area is 146 Å². The summed E-state index contributed by atoms with van der Waals surface area (Å²) in [6, 6.07) is 12.5. The second kappa shape index (κ2) is 7.14. The number of non-ortho nitro benzene ring substituents is 1. The van der Waals surface area contributed by atoms with Crippen molar-refractivity contribution >= 4 is 22.6 Å². The summed E-state index contributed by atoms with van der Waals surface area (Å²) in [5, 5.41) is 18.1. The molecule has 0 saturated carbocycles. The number of carbonyl (C=O) groups excluding carboxylic acids is 1. The zero-order valence-electron chi connectivity index (χ0n) is 12.9. The van der Waals surface area contributed by atoms with Crippen molar-refractivity contribution in [3.05, 3.63) is 64.2 Å². The van der Waals surface area contributed by atoms with Gasteiger partial charge in [0.2, 0.25) is 11.0 Å². The molecule has 3 aromatic rings. The minimum Gasteiger partial charge on any atom is -0.497 e. The van der Waals surface area contributed by atoms with Crippen LogP contribution in [0.3, 0.4) is 0 Å². The van der Waals surface area contributed by atoms with Crippen molar-refractivity contribution in [3.63, 3.8) is 0 Å². The van der Waals surface area contributed by atoms with Gasteiger partial charge in [0.05, 0.1) is 12.0 Å². The molecule has 0 aliphatic rings. The zero-order valence-corrected chi connectivity index (χ0v) is 13.7. The minimum atomic E-state index is -0.560. The van der Waals surface area contributed by atoms with Gasteiger partial charge >= 0.3 is 0 Å². The average molecular weight is 357 g/mol. The second-order valence-electron chi connectivity index (χ2n) is 4.80. The predicted octanol–water partition coefficient (Wildman–Crippen LogP) is 3.59. The van der Waals surface area contributed by atoms with Gasteiger partial charge in [-0.1, -0.05) is 6.07 Å². The molecule has 0 aliphatic carbocycles. The highest BCUT2D eigenvalue weighted by Crippen LogP contribution is 2.27. The monoisotopic (exact) mass is 357 g/mol. The number of thioether (sulfide) groups is 1. The molecule has 0 aliphatic heterocycles. The van der Waals surface area contributed by atoms with Gasteiger partial charge in [-0.15, -0.1) is 10.2 Å². The smallest absolute Gasteiger partial charge is 0.284 e. The van der Waals surface area contributed by atoms with E-state index < -0.39 is 10.0 Å². The van der Waals surface area contributed by atoms with Gasteiger partial charge in [0.1, 0.15) is 5.75 Å². The maximum atomic E-state index is 12.2. The first-order valence-corrected chi connectivity index (χ1v) is 7.83. The van der Waals surface area contributed by atoms with Gasteiger partial charge in [-0.2, -0.15) is 0 Å². The number of nitro benzene ring substituents is 1. The third kappa shape index (κ3) is 3.83. The van der Waals surface area contributed by atoms with Crippen LogP contribution in [-0.2, 0) is 0 Å². The molecule has 0 amide bonds. The van der Waals surface area contributed by atoms with Crippen molar-refractivity contribution in [2.45, 2.75) is 5.22 Å². The topological polar surface area (TPSA) is 108 Å². The molecule has 9 heteroatoms. The highest BCUT2D eigenvalue weighted by atomic mass is 32.2. The molecule has 0 atom stereocenters. The van der Waals surface area contributed by atoms with Crippen LogP contribution < -0.4 is 4.74 Å². The van der Waals surface area contributed by atoms with Crippen LogP contribution in [0.4, 0.5) is 5.69 Å². The largest absolute Gasteiger partial charge is 0.497 e. The van der Waals surface area contributed by atoms with E-state index in [9.17, 15) is 14.9 Å². The molecule has 8 nitrogen and oxygen atoms in total. The fraction of sp³-hybridized carbons (Fsp3) is 0.0625. The maximum absolute atomic E-state index is 12.2. The number of methoxy groups -OCH3 is 1. The van der Waals surface area contributed by atoms with Gasteiger partial charge in [-0.25, -0.2) is 0 Å². The third-order valence-electron chi connectivity index (χ3n) is 3.22. The molecule has 3 rings (SSSR count). The normalized spacial score (nSPS) is 10.4. The number of nitro groups is 1. The van der Waals surface area contributed by atoms with Gasteiger partial charge in [-0.3, -0.25) is 14.9 Å². The predicted molar refractivity (Wildman–Crippen MR) is 89.6 cm³/mol. The Morgan fingerprint density at radius 3 is 2.64 bits per heavy atom. The fourth-order valence-electron chi connectivity index (χ4n) is 1.99. The maximum Gasteiger partial charge on any atom is 0.284 e. The van der Waals surface area contributed by atoms with E-state index in [0.717, 1.165) is 0 Å². The number of rotatable bonds is 5. The standard InChI is InChI=1S/C16H11N3O5S/c1-23-13-7-5-10(6-8-13)14-17-18-16(24-14)25-15(20)11-3-2-4-12(9-11)19(21)22/h2-9H,1H3. The molecule has 0 fully saturated rings. The first kappa shape index (κ1) is 16.7. The van der Waals surface area contributed by atoms with Gasteiger partial charge < -0.3 is 9.15 Å². The summed E-state index contributed by atoms with van der Waals surface area (Å²) < 4.78 is 10.5. The number of carbonyl (C=O) groups is 1. The number of aromatic nitrogens is 2. The van der Waals surface area contributed by atoms with Gasteiger partial charge in [0.15, 0.2) is 0 Å². The lowest BCUT2D eigenvalue weighted by atomic mass is 10.2. The SMILES string of the molecule is COc1ccc(-c2nnc(SC(=O)c3cccc([N+](=O)[O-])c3)o2)cc1. The summed E-state index contributed by atoms with van der Waals surface area (Å²) >= 11 is 0.714. The Hall–Kier alpha value is -3.20. The van der Waals surface area contributed by atoms with Crippen LogP contribution in [0.25, 0.3) is 11.5 Å². The Bertz CT molecular complexity index is 924. The fourth-order valence-corrected chi connectivity index (χ4v) is 2.59. The average Bonchev–Trinajstić information content (AvgIpc) is 3.10. The molecule has 0 spiro atoms. The third-order valence-corrected chi connectivity index (χ3v) is 3.98. The summed E-state index contributed by atoms with van der Waals surface area (Å²) in [5.41, 5.74) is 0.710. The van der Waals surface area contributed by atoms with Crippen molar-refractivity contribution in [1.29, 1.82) is 0 Å². The first-order chi connectivity index (χ1) is 12.1. The molecule has 0 unspecified atom stereocenters. The van der Waals surface area contributed by atoms with Gasteiger partial charge in [0, 0.05) is 35.0 Å². The van der Waals surface area contributed by atoms with Crippen molar-refractivity contribution in [2.24, 2.45) is 0 Å². The number of ether oxygens (including phenoxy) is 1. The van der Waals surface area contributed by atoms with Gasteiger partial charge in [-0.05, 0) is 30.3 Å². The van der Waals surface area contributed by atoms with E-state index >= 15 is 0 Å². The second-order valence-corrected chi connectivity index (χ2v) is 5.72. The van der Waals surface area contributed by atoms with E-state index in [1.807, 2.05) is 0 Å². The highest BCUT2D eigenvalue weighted by molar-refractivity contribution is 8.14. The number of benzene rings is 2. The molecule has 0 N–H and O–H groups in total. The summed E-state index contributed by atoms with van der Waals surface area (Å²) in [7, 11) is 1.57. The first-order valence-electron chi connectivity index (χ1n) is 7.01. The lowest BCUT2D eigenvalue weighted by molar-refractivity contribution is -0.384. The van der Waals surface area contributed by atoms with Gasteiger partial charge in [0.25, 0.3) is 10.9 Å². The molecular formula is C16H11N3O5S. The Morgan fingerprint density at radius 2 is 1.96 bits per heavy atom.